The lowest BCUT2D eigenvalue weighted by Gasteiger charge is -2.13. The average Bonchev–Trinajstić information content (AvgIpc) is 3.14. The molecular weight excluding hydrogens is 384 g/mol. The van der Waals surface area contributed by atoms with Gasteiger partial charge >= 0.3 is 0 Å². The monoisotopic (exact) mass is 402 g/mol. The number of nitrogens with zero attached hydrogens (tertiary/aromatic N) is 2. The molecule has 0 radical (unpaired) electrons. The number of nitrogens with one attached hydrogen (secondary N) is 2. The van der Waals surface area contributed by atoms with Gasteiger partial charge < -0.3 is 9.73 Å². The Morgan fingerprint density at radius 3 is 2.59 bits per heavy atom. The molecule has 0 atom stereocenters. The standard InChI is InChI=1S/C22H18N4O2S/c1-13-8-10-15(11-9-13)20(27)26-22(29)24-17-6-3-5-16(14(17)2)21-25-19-18(28-21)7-4-12-23-19/h3-12H,1-2H3,(H2,24,26,27,29). The first-order chi connectivity index (χ1) is 14.0. The third kappa shape index (κ3) is 4.00. The number of anilines is 1. The number of aryl methyl sites for hydroxylation is 1. The van der Waals surface area contributed by atoms with E-state index in [1.807, 2.05) is 50.2 Å². The normalized spacial score (nSPS) is 10.7. The van der Waals surface area contributed by atoms with E-state index in [1.165, 1.54) is 0 Å². The van der Waals surface area contributed by atoms with Gasteiger partial charge in [-0.25, -0.2) is 4.98 Å². The molecule has 0 bridgehead atoms. The molecule has 0 saturated heterocycles. The van der Waals surface area contributed by atoms with E-state index in [-0.39, 0.29) is 11.0 Å². The summed E-state index contributed by atoms with van der Waals surface area (Å²) in [5, 5.41) is 6.00. The average molecular weight is 402 g/mol. The SMILES string of the molecule is Cc1ccc(C(=O)NC(=S)Nc2cccc(-c3nc4ncccc4o3)c2C)cc1. The summed E-state index contributed by atoms with van der Waals surface area (Å²) in [7, 11) is 0. The summed E-state index contributed by atoms with van der Waals surface area (Å²) in [5.74, 6) is 0.218. The summed E-state index contributed by atoms with van der Waals surface area (Å²) in [4.78, 5) is 21.0. The van der Waals surface area contributed by atoms with Gasteiger partial charge in [-0.3, -0.25) is 10.1 Å². The largest absolute Gasteiger partial charge is 0.434 e. The topological polar surface area (TPSA) is 80.0 Å². The smallest absolute Gasteiger partial charge is 0.257 e. The van der Waals surface area contributed by atoms with E-state index in [4.69, 9.17) is 16.6 Å². The fourth-order valence-electron chi connectivity index (χ4n) is 2.92. The van der Waals surface area contributed by atoms with Crippen molar-refractivity contribution in [2.75, 3.05) is 5.32 Å². The maximum Gasteiger partial charge on any atom is 0.257 e. The number of hydrogen-bond acceptors (Lipinski definition) is 5. The molecule has 0 spiro atoms. The predicted molar refractivity (Wildman–Crippen MR) is 117 cm³/mol. The number of aromatic nitrogens is 2. The molecular formula is C22H18N4O2S. The van der Waals surface area contributed by atoms with E-state index in [2.05, 4.69) is 20.6 Å². The lowest BCUT2D eigenvalue weighted by molar-refractivity contribution is 0.0977. The van der Waals surface area contributed by atoms with Crippen molar-refractivity contribution in [1.82, 2.24) is 15.3 Å². The van der Waals surface area contributed by atoms with Gasteiger partial charge in [-0.1, -0.05) is 23.8 Å². The Bertz CT molecular complexity index is 1180. The summed E-state index contributed by atoms with van der Waals surface area (Å²) >= 11 is 5.32. The summed E-state index contributed by atoms with van der Waals surface area (Å²) in [5.41, 5.74) is 5.29. The first-order valence-corrected chi connectivity index (χ1v) is 9.42. The number of carbonyl (C=O) groups is 1. The van der Waals surface area contributed by atoms with E-state index in [9.17, 15) is 4.79 Å². The van der Waals surface area contributed by atoms with Crippen molar-refractivity contribution in [3.8, 4) is 11.5 Å². The van der Waals surface area contributed by atoms with Crippen LogP contribution in [0.5, 0.6) is 0 Å². The Morgan fingerprint density at radius 1 is 1.03 bits per heavy atom. The van der Waals surface area contributed by atoms with Gasteiger partial charge in [0.05, 0.1) is 0 Å². The zero-order valence-corrected chi connectivity index (χ0v) is 16.7. The van der Waals surface area contributed by atoms with Crippen molar-refractivity contribution in [2.24, 2.45) is 0 Å². The molecule has 7 heteroatoms. The van der Waals surface area contributed by atoms with E-state index in [0.29, 0.717) is 22.7 Å². The number of thiocarbonyl (C=S) groups is 1. The lowest BCUT2D eigenvalue weighted by Crippen LogP contribution is -2.34. The van der Waals surface area contributed by atoms with Crippen molar-refractivity contribution < 1.29 is 9.21 Å². The Labute approximate surface area is 173 Å². The minimum Gasteiger partial charge on any atom is -0.434 e. The number of oxazole rings is 1. The van der Waals surface area contributed by atoms with Crippen LogP contribution in [0.4, 0.5) is 5.69 Å². The summed E-state index contributed by atoms with van der Waals surface area (Å²) in [6.07, 6.45) is 1.68. The van der Waals surface area contributed by atoms with Crippen LogP contribution in [-0.2, 0) is 0 Å². The van der Waals surface area contributed by atoms with Crippen LogP contribution in [0.25, 0.3) is 22.7 Å². The van der Waals surface area contributed by atoms with E-state index < -0.39 is 0 Å². The van der Waals surface area contributed by atoms with Crippen LogP contribution < -0.4 is 10.6 Å². The molecule has 0 aliphatic carbocycles. The second-order valence-corrected chi connectivity index (χ2v) is 7.00. The molecule has 4 rings (SSSR count). The molecule has 2 aromatic heterocycles. The Balaban J connectivity index is 1.53. The van der Waals surface area contributed by atoms with Crippen molar-refractivity contribution in [3.63, 3.8) is 0 Å². The highest BCUT2D eigenvalue weighted by molar-refractivity contribution is 7.80. The van der Waals surface area contributed by atoms with Gasteiger partial charge in [0, 0.05) is 23.0 Å². The molecule has 2 heterocycles. The van der Waals surface area contributed by atoms with Crippen LogP contribution in [0.2, 0.25) is 0 Å². The van der Waals surface area contributed by atoms with Crippen molar-refractivity contribution in [3.05, 3.63) is 77.5 Å². The number of pyridine rings is 1. The molecule has 1 amide bonds. The van der Waals surface area contributed by atoms with Gasteiger partial charge in [-0.15, -0.1) is 0 Å². The molecule has 0 saturated carbocycles. The van der Waals surface area contributed by atoms with E-state index in [1.54, 1.807) is 24.4 Å². The minimum absolute atomic E-state index is 0.218. The van der Waals surface area contributed by atoms with Crippen molar-refractivity contribution >= 4 is 40.2 Å². The molecule has 6 nitrogen and oxygen atoms in total. The first kappa shape index (κ1) is 18.8. The number of amides is 1. The molecule has 0 aliphatic heterocycles. The number of benzene rings is 2. The predicted octanol–water partition coefficient (Wildman–Crippen LogP) is 4.63. The van der Waals surface area contributed by atoms with E-state index in [0.717, 1.165) is 22.4 Å². The fourth-order valence-corrected chi connectivity index (χ4v) is 3.12. The zero-order chi connectivity index (χ0) is 20.4. The molecule has 29 heavy (non-hydrogen) atoms. The van der Waals surface area contributed by atoms with Gasteiger partial charge in [0.15, 0.2) is 16.3 Å². The van der Waals surface area contributed by atoms with Crippen molar-refractivity contribution in [2.45, 2.75) is 13.8 Å². The lowest BCUT2D eigenvalue weighted by atomic mass is 10.1. The maximum absolute atomic E-state index is 12.4. The fraction of sp³-hybridized carbons (Fsp3) is 0.0909. The summed E-state index contributed by atoms with van der Waals surface area (Å²) in [6.45, 7) is 3.90. The number of fused-ring (bicyclic) bond motifs is 1. The second kappa shape index (κ2) is 7.81. The van der Waals surface area contributed by atoms with Gasteiger partial charge in [-0.05, 0) is 68.0 Å². The molecule has 2 aromatic carbocycles. The van der Waals surface area contributed by atoms with Gasteiger partial charge in [0.25, 0.3) is 5.91 Å². The Kier molecular flexibility index (Phi) is 5.05. The van der Waals surface area contributed by atoms with Crippen LogP contribution in [0.3, 0.4) is 0 Å². The summed E-state index contributed by atoms with van der Waals surface area (Å²) in [6, 6.07) is 16.6. The van der Waals surface area contributed by atoms with Crippen LogP contribution in [-0.4, -0.2) is 21.0 Å². The number of carbonyl (C=O) groups excluding carboxylic acids is 1. The van der Waals surface area contributed by atoms with E-state index >= 15 is 0 Å². The van der Waals surface area contributed by atoms with Crippen LogP contribution >= 0.6 is 12.2 Å². The molecule has 0 aliphatic rings. The van der Waals surface area contributed by atoms with Gasteiger partial charge in [-0.2, -0.15) is 4.98 Å². The molecule has 2 N–H and O–H groups in total. The zero-order valence-electron chi connectivity index (χ0n) is 15.9. The third-order valence-electron chi connectivity index (χ3n) is 4.52. The highest BCUT2D eigenvalue weighted by atomic mass is 32.1. The molecule has 0 fully saturated rings. The van der Waals surface area contributed by atoms with Gasteiger partial charge in [0.2, 0.25) is 5.89 Å². The number of hydrogen-bond donors (Lipinski definition) is 2. The molecule has 144 valence electrons. The first-order valence-electron chi connectivity index (χ1n) is 9.02. The highest BCUT2D eigenvalue weighted by Gasteiger charge is 2.14. The molecule has 4 aromatic rings. The van der Waals surface area contributed by atoms with Crippen LogP contribution in [0.1, 0.15) is 21.5 Å². The second-order valence-electron chi connectivity index (χ2n) is 6.60. The quantitative estimate of drug-likeness (QED) is 0.486. The molecule has 0 unspecified atom stereocenters. The number of rotatable bonds is 3. The van der Waals surface area contributed by atoms with Crippen LogP contribution in [0, 0.1) is 13.8 Å². The maximum atomic E-state index is 12.4. The minimum atomic E-state index is -0.263. The summed E-state index contributed by atoms with van der Waals surface area (Å²) < 4.78 is 5.82. The Hall–Kier alpha value is -3.58. The van der Waals surface area contributed by atoms with Crippen LogP contribution in [0.15, 0.2) is 65.2 Å². The van der Waals surface area contributed by atoms with Gasteiger partial charge in [0.1, 0.15) is 0 Å². The Morgan fingerprint density at radius 2 is 1.83 bits per heavy atom. The van der Waals surface area contributed by atoms with Crippen molar-refractivity contribution in [1.29, 1.82) is 0 Å². The third-order valence-corrected chi connectivity index (χ3v) is 4.72. The highest BCUT2D eigenvalue weighted by Crippen LogP contribution is 2.29.